The molecular weight excluding hydrogens is 444 g/mol. The van der Waals surface area contributed by atoms with Crippen molar-refractivity contribution >= 4 is 26.9 Å². The van der Waals surface area contributed by atoms with Gasteiger partial charge in [-0.25, -0.2) is 8.42 Å². The molecule has 0 aliphatic carbocycles. The van der Waals surface area contributed by atoms with Gasteiger partial charge in [0.2, 0.25) is 15.9 Å². The Kier molecular flexibility index (Phi) is 5.76. The second kappa shape index (κ2) is 8.72. The zero-order valence-corrected chi connectivity index (χ0v) is 19.3. The van der Waals surface area contributed by atoms with Crippen LogP contribution in [0.25, 0.3) is 11.0 Å². The minimum absolute atomic E-state index is 0.0337. The van der Waals surface area contributed by atoms with Gasteiger partial charge in [-0.3, -0.25) is 4.79 Å². The molecule has 3 heterocycles. The van der Waals surface area contributed by atoms with Crippen molar-refractivity contribution in [1.29, 1.82) is 0 Å². The number of carbonyl (C=O) groups is 1. The first-order valence-corrected chi connectivity index (χ1v) is 12.6. The summed E-state index contributed by atoms with van der Waals surface area (Å²) in [6, 6.07) is 10.7. The molecule has 9 heteroatoms. The van der Waals surface area contributed by atoms with Crippen LogP contribution in [0, 0.1) is 0 Å². The van der Waals surface area contributed by atoms with E-state index in [1.807, 2.05) is 18.2 Å². The van der Waals surface area contributed by atoms with E-state index in [0.717, 1.165) is 23.0 Å². The van der Waals surface area contributed by atoms with Crippen LogP contribution in [0.2, 0.25) is 0 Å². The molecule has 0 spiro atoms. The molecule has 3 aromatic rings. The number of amides is 1. The summed E-state index contributed by atoms with van der Waals surface area (Å²) in [4.78, 5) is 14.8. The predicted molar refractivity (Wildman–Crippen MR) is 122 cm³/mol. The summed E-state index contributed by atoms with van der Waals surface area (Å²) in [5.41, 5.74) is 2.82. The molecule has 33 heavy (non-hydrogen) atoms. The largest absolute Gasteiger partial charge is 0.486 e. The second-order valence-corrected chi connectivity index (χ2v) is 10.2. The van der Waals surface area contributed by atoms with Gasteiger partial charge in [-0.1, -0.05) is 19.1 Å². The molecule has 1 aromatic heterocycles. The van der Waals surface area contributed by atoms with Gasteiger partial charge in [-0.05, 0) is 30.2 Å². The lowest BCUT2D eigenvalue weighted by atomic mass is 10.1. The molecule has 8 nitrogen and oxygen atoms in total. The van der Waals surface area contributed by atoms with Crippen molar-refractivity contribution in [2.45, 2.75) is 24.7 Å². The van der Waals surface area contributed by atoms with Crippen LogP contribution in [-0.2, 0) is 27.7 Å². The average molecular weight is 471 g/mol. The lowest BCUT2D eigenvalue weighted by molar-refractivity contribution is -0.131. The molecule has 2 aliphatic rings. The molecule has 2 aliphatic heterocycles. The fourth-order valence-corrected chi connectivity index (χ4v) is 5.71. The number of carbonyl (C=O) groups excluding carboxylic acids is 1. The quantitative estimate of drug-likeness (QED) is 0.570. The number of furan rings is 1. The zero-order valence-electron chi connectivity index (χ0n) is 18.5. The van der Waals surface area contributed by atoms with Crippen LogP contribution in [0.1, 0.15) is 18.1 Å². The minimum Gasteiger partial charge on any atom is -0.486 e. The van der Waals surface area contributed by atoms with E-state index in [9.17, 15) is 13.2 Å². The molecular formula is C24H26N2O6S. The third-order valence-corrected chi connectivity index (χ3v) is 8.11. The summed E-state index contributed by atoms with van der Waals surface area (Å²) in [6.07, 6.45) is 2.79. The monoisotopic (exact) mass is 470 g/mol. The number of piperazine rings is 1. The van der Waals surface area contributed by atoms with Gasteiger partial charge in [0.15, 0.2) is 11.5 Å². The van der Waals surface area contributed by atoms with Crippen molar-refractivity contribution in [3.63, 3.8) is 0 Å². The van der Waals surface area contributed by atoms with Crippen LogP contribution in [0.5, 0.6) is 11.5 Å². The fraction of sp³-hybridized carbons (Fsp3) is 0.375. The SMILES string of the molecule is CCc1ccc2c(CC(=O)N3CCN(S(=O)(=O)c4ccc5c(c4)OCCO5)CC3)coc2c1. The lowest BCUT2D eigenvalue weighted by Gasteiger charge is -2.34. The van der Waals surface area contributed by atoms with E-state index in [0.29, 0.717) is 37.8 Å². The Morgan fingerprint density at radius 3 is 2.48 bits per heavy atom. The summed E-state index contributed by atoms with van der Waals surface area (Å²) in [5, 5.41) is 0.945. The number of hydrogen-bond donors (Lipinski definition) is 0. The standard InChI is InChI=1S/C24H26N2O6S/c1-2-17-3-5-20-18(16-32-22(20)13-17)14-24(27)25-7-9-26(10-8-25)33(28,29)19-4-6-21-23(15-19)31-12-11-30-21/h3-6,13,15-16H,2,7-12,14H2,1H3. The Morgan fingerprint density at radius 2 is 1.73 bits per heavy atom. The maximum Gasteiger partial charge on any atom is 0.243 e. The molecule has 5 rings (SSSR count). The average Bonchev–Trinajstić information content (AvgIpc) is 3.25. The van der Waals surface area contributed by atoms with E-state index in [-0.39, 0.29) is 30.3 Å². The Balaban J connectivity index is 1.24. The molecule has 0 atom stereocenters. The maximum absolute atomic E-state index is 13.1. The van der Waals surface area contributed by atoms with E-state index < -0.39 is 10.0 Å². The minimum atomic E-state index is -3.69. The van der Waals surface area contributed by atoms with E-state index in [1.165, 1.54) is 22.0 Å². The number of fused-ring (bicyclic) bond motifs is 2. The van der Waals surface area contributed by atoms with E-state index >= 15 is 0 Å². The molecule has 0 saturated carbocycles. The van der Waals surface area contributed by atoms with Crippen molar-refractivity contribution in [1.82, 2.24) is 9.21 Å². The third-order valence-electron chi connectivity index (χ3n) is 6.21. The zero-order chi connectivity index (χ0) is 23.0. The molecule has 1 amide bonds. The number of rotatable bonds is 5. The van der Waals surface area contributed by atoms with Crippen LogP contribution in [0.3, 0.4) is 0 Å². The van der Waals surface area contributed by atoms with E-state index in [1.54, 1.807) is 17.2 Å². The highest BCUT2D eigenvalue weighted by molar-refractivity contribution is 7.89. The summed E-state index contributed by atoms with van der Waals surface area (Å²) < 4.78 is 44.3. The first-order chi connectivity index (χ1) is 16.0. The number of sulfonamides is 1. The van der Waals surface area contributed by atoms with Gasteiger partial charge in [-0.15, -0.1) is 0 Å². The highest BCUT2D eigenvalue weighted by atomic mass is 32.2. The number of ether oxygens (including phenoxy) is 2. The number of hydrogen-bond acceptors (Lipinski definition) is 6. The van der Waals surface area contributed by atoms with Crippen molar-refractivity contribution in [3.8, 4) is 11.5 Å². The molecule has 0 unspecified atom stereocenters. The van der Waals surface area contributed by atoms with Crippen molar-refractivity contribution in [2.24, 2.45) is 0 Å². The number of aryl methyl sites for hydroxylation is 1. The molecule has 1 saturated heterocycles. The highest BCUT2D eigenvalue weighted by Crippen LogP contribution is 2.33. The van der Waals surface area contributed by atoms with Gasteiger partial charge in [-0.2, -0.15) is 4.31 Å². The van der Waals surface area contributed by atoms with Crippen LogP contribution < -0.4 is 9.47 Å². The molecule has 2 aromatic carbocycles. The number of benzene rings is 2. The Morgan fingerprint density at radius 1 is 0.970 bits per heavy atom. The Labute approximate surface area is 192 Å². The summed E-state index contributed by atoms with van der Waals surface area (Å²) >= 11 is 0. The van der Waals surface area contributed by atoms with Crippen LogP contribution in [0.15, 0.2) is 52.0 Å². The van der Waals surface area contributed by atoms with Gasteiger partial charge < -0.3 is 18.8 Å². The summed E-state index contributed by atoms with van der Waals surface area (Å²) in [5.74, 6) is 0.955. The normalized spacial score (nSPS) is 16.8. The van der Waals surface area contributed by atoms with E-state index in [2.05, 4.69) is 6.92 Å². The molecule has 0 N–H and O–H groups in total. The Bertz CT molecular complexity index is 1290. The van der Waals surface area contributed by atoms with Crippen molar-refractivity contribution < 1.29 is 27.1 Å². The van der Waals surface area contributed by atoms with Crippen molar-refractivity contribution in [3.05, 3.63) is 53.8 Å². The van der Waals surface area contributed by atoms with Gasteiger partial charge in [0, 0.05) is 43.2 Å². The smallest absolute Gasteiger partial charge is 0.243 e. The van der Waals surface area contributed by atoms with Crippen LogP contribution in [-0.4, -0.2) is 62.9 Å². The lowest BCUT2D eigenvalue weighted by Crippen LogP contribution is -2.50. The second-order valence-electron chi connectivity index (χ2n) is 8.21. The molecule has 174 valence electrons. The first kappa shape index (κ1) is 21.8. The first-order valence-electron chi connectivity index (χ1n) is 11.1. The molecule has 1 fully saturated rings. The summed E-state index contributed by atoms with van der Waals surface area (Å²) in [6.45, 7) is 4.11. The Hall–Kier alpha value is -3.04. The van der Waals surface area contributed by atoms with Crippen LogP contribution >= 0.6 is 0 Å². The van der Waals surface area contributed by atoms with Gasteiger partial charge >= 0.3 is 0 Å². The van der Waals surface area contributed by atoms with Crippen molar-refractivity contribution in [2.75, 3.05) is 39.4 Å². The maximum atomic E-state index is 13.1. The molecule has 0 radical (unpaired) electrons. The van der Waals surface area contributed by atoms with E-state index in [4.69, 9.17) is 13.9 Å². The highest BCUT2D eigenvalue weighted by Gasteiger charge is 2.31. The van der Waals surface area contributed by atoms with Gasteiger partial charge in [0.05, 0.1) is 17.6 Å². The van der Waals surface area contributed by atoms with Gasteiger partial charge in [0.25, 0.3) is 0 Å². The van der Waals surface area contributed by atoms with Crippen LogP contribution in [0.4, 0.5) is 0 Å². The predicted octanol–water partition coefficient (Wildman–Crippen LogP) is 2.84. The third kappa shape index (κ3) is 4.18. The van der Waals surface area contributed by atoms with Gasteiger partial charge in [0.1, 0.15) is 18.8 Å². The molecule has 0 bridgehead atoms. The summed E-state index contributed by atoms with van der Waals surface area (Å²) in [7, 11) is -3.69. The number of nitrogens with zero attached hydrogens (tertiary/aromatic N) is 2. The fourth-order valence-electron chi connectivity index (χ4n) is 4.27. The topological polar surface area (TPSA) is 89.3 Å².